The van der Waals surface area contributed by atoms with E-state index >= 15 is 0 Å². The van der Waals surface area contributed by atoms with Gasteiger partial charge < -0.3 is 10.1 Å². The molecule has 0 bridgehead atoms. The molecule has 0 atom stereocenters. The molecule has 0 aliphatic rings. The number of hydrogen-bond donors (Lipinski definition) is 1. The van der Waals surface area contributed by atoms with Crippen LogP contribution in [0.1, 0.15) is 34.3 Å². The van der Waals surface area contributed by atoms with Crippen LogP contribution >= 0.6 is 11.5 Å². The Morgan fingerprint density at radius 1 is 1.52 bits per heavy atom. The molecule has 1 heterocycles. The average Bonchev–Trinajstić information content (AvgIpc) is 2.96. The minimum atomic E-state index is -0.325. The van der Waals surface area contributed by atoms with Gasteiger partial charge in [0.1, 0.15) is 22.4 Å². The first-order chi connectivity index (χ1) is 10.2. The molecular weight excluding hydrogens is 288 g/mol. The van der Waals surface area contributed by atoms with Gasteiger partial charge in [-0.3, -0.25) is 4.79 Å². The summed E-state index contributed by atoms with van der Waals surface area (Å²) in [6.07, 6.45) is 1.57. The van der Waals surface area contributed by atoms with Crippen LogP contribution in [0.3, 0.4) is 0 Å². The summed E-state index contributed by atoms with van der Waals surface area (Å²) in [4.78, 5) is 12.8. The molecule has 2 rings (SSSR count). The van der Waals surface area contributed by atoms with Gasteiger partial charge in [0, 0.05) is 0 Å². The van der Waals surface area contributed by atoms with Gasteiger partial charge in [0.15, 0.2) is 0 Å². The number of carbonyl (C=O) groups excluding carboxylic acids is 1. The zero-order valence-electron chi connectivity index (χ0n) is 11.7. The third-order valence-corrected chi connectivity index (χ3v) is 3.62. The summed E-state index contributed by atoms with van der Waals surface area (Å²) >= 11 is 1.05. The summed E-state index contributed by atoms with van der Waals surface area (Å²) < 4.78 is 9.01. The Kier molecular flexibility index (Phi) is 4.85. The first-order valence-corrected chi connectivity index (χ1v) is 7.18. The molecule has 6 nitrogen and oxygen atoms in total. The molecule has 0 fully saturated rings. The SMILES string of the molecule is CCCc1nnsc1C(=O)Nc1c(C#N)cccc1OC. The Bertz CT molecular complexity index is 691. The van der Waals surface area contributed by atoms with Gasteiger partial charge in [0.2, 0.25) is 0 Å². The van der Waals surface area contributed by atoms with Gasteiger partial charge in [-0.2, -0.15) is 5.26 Å². The number of ether oxygens (including phenoxy) is 1. The van der Waals surface area contributed by atoms with E-state index in [1.807, 2.05) is 13.0 Å². The standard InChI is InChI=1S/C14H14N4O2S/c1-3-5-10-13(21-18-17-10)14(19)16-12-9(8-15)6-4-7-11(12)20-2/h4,6-7H,3,5H2,1-2H3,(H,16,19). The number of carbonyl (C=O) groups is 1. The highest BCUT2D eigenvalue weighted by Gasteiger charge is 2.19. The number of hydrogen-bond acceptors (Lipinski definition) is 6. The lowest BCUT2D eigenvalue weighted by molar-refractivity contribution is 0.102. The van der Waals surface area contributed by atoms with Gasteiger partial charge in [-0.25, -0.2) is 0 Å². The van der Waals surface area contributed by atoms with Crippen LogP contribution in [0.2, 0.25) is 0 Å². The Balaban J connectivity index is 2.32. The van der Waals surface area contributed by atoms with E-state index in [4.69, 9.17) is 10.00 Å². The zero-order chi connectivity index (χ0) is 15.2. The van der Waals surface area contributed by atoms with E-state index in [1.54, 1.807) is 18.2 Å². The van der Waals surface area contributed by atoms with E-state index in [0.29, 0.717) is 34.0 Å². The first kappa shape index (κ1) is 14.9. The van der Waals surface area contributed by atoms with Crippen LogP contribution in [0.15, 0.2) is 18.2 Å². The van der Waals surface area contributed by atoms with E-state index < -0.39 is 0 Å². The number of methoxy groups -OCH3 is 1. The second-order valence-corrected chi connectivity index (χ2v) is 5.00. The zero-order valence-corrected chi connectivity index (χ0v) is 12.5. The van der Waals surface area contributed by atoms with Crippen molar-refractivity contribution in [3.63, 3.8) is 0 Å². The van der Waals surface area contributed by atoms with E-state index in [9.17, 15) is 4.79 Å². The fourth-order valence-electron chi connectivity index (χ4n) is 1.88. The van der Waals surface area contributed by atoms with Gasteiger partial charge in [0.25, 0.3) is 5.91 Å². The molecule has 1 amide bonds. The minimum Gasteiger partial charge on any atom is -0.495 e. The average molecular weight is 302 g/mol. The largest absolute Gasteiger partial charge is 0.495 e. The van der Waals surface area contributed by atoms with Crippen molar-refractivity contribution in [2.75, 3.05) is 12.4 Å². The molecular formula is C14H14N4O2S. The summed E-state index contributed by atoms with van der Waals surface area (Å²) in [6, 6.07) is 7.05. The monoisotopic (exact) mass is 302 g/mol. The number of anilines is 1. The van der Waals surface area contributed by atoms with Crippen molar-refractivity contribution in [3.05, 3.63) is 34.3 Å². The van der Waals surface area contributed by atoms with Crippen LogP contribution in [-0.4, -0.2) is 22.6 Å². The Labute approximate surface area is 126 Å². The molecule has 1 aromatic carbocycles. The number of para-hydroxylation sites is 1. The highest BCUT2D eigenvalue weighted by Crippen LogP contribution is 2.28. The minimum absolute atomic E-state index is 0.325. The highest BCUT2D eigenvalue weighted by molar-refractivity contribution is 7.08. The Hall–Kier alpha value is -2.46. The molecule has 0 saturated heterocycles. The molecule has 1 aromatic heterocycles. The van der Waals surface area contributed by atoms with Gasteiger partial charge in [-0.1, -0.05) is 23.9 Å². The van der Waals surface area contributed by atoms with Crippen molar-refractivity contribution in [2.45, 2.75) is 19.8 Å². The molecule has 2 aromatic rings. The molecule has 0 aliphatic heterocycles. The quantitative estimate of drug-likeness (QED) is 0.917. The summed E-state index contributed by atoms with van der Waals surface area (Å²) in [5.74, 6) is 0.117. The number of aryl methyl sites for hydroxylation is 1. The Morgan fingerprint density at radius 3 is 3.00 bits per heavy atom. The third-order valence-electron chi connectivity index (χ3n) is 2.85. The summed E-state index contributed by atoms with van der Waals surface area (Å²) in [5, 5.41) is 15.8. The van der Waals surface area contributed by atoms with Crippen LogP contribution in [0, 0.1) is 11.3 Å². The van der Waals surface area contributed by atoms with Gasteiger partial charge >= 0.3 is 0 Å². The number of aromatic nitrogens is 2. The van der Waals surface area contributed by atoms with Crippen molar-refractivity contribution in [3.8, 4) is 11.8 Å². The number of nitrogens with one attached hydrogen (secondary N) is 1. The van der Waals surface area contributed by atoms with Gasteiger partial charge in [-0.05, 0) is 30.1 Å². The van der Waals surface area contributed by atoms with Crippen LogP contribution in [0.4, 0.5) is 5.69 Å². The normalized spacial score (nSPS) is 9.95. The fourth-order valence-corrected chi connectivity index (χ4v) is 2.48. The van der Waals surface area contributed by atoms with Crippen LogP contribution in [0.25, 0.3) is 0 Å². The molecule has 0 aliphatic carbocycles. The number of nitriles is 1. The van der Waals surface area contributed by atoms with E-state index in [1.165, 1.54) is 7.11 Å². The molecule has 0 unspecified atom stereocenters. The van der Waals surface area contributed by atoms with Crippen molar-refractivity contribution in [1.82, 2.24) is 9.59 Å². The lowest BCUT2D eigenvalue weighted by Crippen LogP contribution is -2.14. The smallest absolute Gasteiger partial charge is 0.269 e. The van der Waals surface area contributed by atoms with E-state index in [-0.39, 0.29) is 5.91 Å². The van der Waals surface area contributed by atoms with Gasteiger partial charge in [-0.15, -0.1) is 5.10 Å². The molecule has 0 saturated carbocycles. The van der Waals surface area contributed by atoms with Crippen molar-refractivity contribution >= 4 is 23.1 Å². The van der Waals surface area contributed by atoms with Crippen molar-refractivity contribution < 1.29 is 9.53 Å². The number of benzene rings is 1. The first-order valence-electron chi connectivity index (χ1n) is 6.41. The fraction of sp³-hybridized carbons (Fsp3) is 0.286. The lowest BCUT2D eigenvalue weighted by atomic mass is 10.1. The Morgan fingerprint density at radius 2 is 2.33 bits per heavy atom. The van der Waals surface area contributed by atoms with Crippen molar-refractivity contribution in [1.29, 1.82) is 5.26 Å². The van der Waals surface area contributed by atoms with Crippen molar-refractivity contribution in [2.24, 2.45) is 0 Å². The lowest BCUT2D eigenvalue weighted by Gasteiger charge is -2.11. The van der Waals surface area contributed by atoms with Gasteiger partial charge in [0.05, 0.1) is 18.4 Å². The number of nitrogens with zero attached hydrogens (tertiary/aromatic N) is 3. The molecule has 7 heteroatoms. The van der Waals surface area contributed by atoms with E-state index in [2.05, 4.69) is 14.9 Å². The highest BCUT2D eigenvalue weighted by atomic mass is 32.1. The topological polar surface area (TPSA) is 87.9 Å². The molecule has 21 heavy (non-hydrogen) atoms. The maximum Gasteiger partial charge on any atom is 0.269 e. The summed E-state index contributed by atoms with van der Waals surface area (Å²) in [7, 11) is 1.49. The number of rotatable bonds is 5. The predicted molar refractivity (Wildman–Crippen MR) is 79.6 cm³/mol. The van der Waals surface area contributed by atoms with Crippen LogP contribution < -0.4 is 10.1 Å². The second kappa shape index (κ2) is 6.81. The van der Waals surface area contributed by atoms with Crippen LogP contribution in [-0.2, 0) is 6.42 Å². The molecule has 108 valence electrons. The van der Waals surface area contributed by atoms with Crippen LogP contribution in [0.5, 0.6) is 5.75 Å². The second-order valence-electron chi connectivity index (χ2n) is 4.25. The molecule has 1 N–H and O–H groups in total. The maximum atomic E-state index is 12.4. The predicted octanol–water partition coefficient (Wildman–Crippen LogP) is 2.62. The molecule has 0 spiro atoms. The molecule has 0 radical (unpaired) electrons. The third kappa shape index (κ3) is 3.17. The number of amides is 1. The maximum absolute atomic E-state index is 12.4. The summed E-state index contributed by atoms with van der Waals surface area (Å²) in [5.41, 5.74) is 1.38. The van der Waals surface area contributed by atoms with E-state index in [0.717, 1.165) is 18.0 Å². The summed E-state index contributed by atoms with van der Waals surface area (Å²) in [6.45, 7) is 2.01.